The van der Waals surface area contributed by atoms with Crippen molar-refractivity contribution < 1.29 is 92.9 Å². The van der Waals surface area contributed by atoms with Crippen molar-refractivity contribution in [3.63, 3.8) is 0 Å². The van der Waals surface area contributed by atoms with Crippen LogP contribution in [-0.2, 0) is 47.6 Å². The summed E-state index contributed by atoms with van der Waals surface area (Å²) in [4.78, 5) is 83.5. The maximum absolute atomic E-state index is 15.5. The number of amides is 1. The minimum Gasteiger partial charge on any atom is -0.456 e. The number of Topliss-reactive ketones (excluding diaryl/α,β-unsaturated/α-hetero) is 1. The highest BCUT2D eigenvalue weighted by molar-refractivity contribution is 5.96. The Kier molecular flexibility index (Phi) is 16.4. The Hall–Kier alpha value is -5.98. The first-order valence-corrected chi connectivity index (χ1v) is 24.1. The van der Waals surface area contributed by atoms with Crippen LogP contribution >= 0.6 is 0 Å². The van der Waals surface area contributed by atoms with Gasteiger partial charge in [0.25, 0.3) is 5.91 Å². The minimum absolute atomic E-state index is 0.00289. The number of hydrogen-bond acceptors (Lipinski definition) is 20. The number of benzene rings is 3. The average Bonchev–Trinajstić information content (AvgIpc) is 3.37. The van der Waals surface area contributed by atoms with Gasteiger partial charge in [-0.25, -0.2) is 9.59 Å². The number of nitrogens with one attached hydrogen (secondary N) is 1. The predicted molar refractivity (Wildman–Crippen MR) is 256 cm³/mol. The first-order chi connectivity index (χ1) is 34.8. The molecule has 3 aromatic rings. The van der Waals surface area contributed by atoms with E-state index in [2.05, 4.69) is 5.32 Å². The number of carbonyl (C=O) groups excluding carboxylic acids is 6. The average molecular weight is 1030 g/mol. The zero-order valence-electron chi connectivity index (χ0n) is 41.6. The lowest BCUT2D eigenvalue weighted by Crippen LogP contribution is -2.82. The van der Waals surface area contributed by atoms with Crippen LogP contribution in [0.5, 0.6) is 0 Å². The van der Waals surface area contributed by atoms with Crippen LogP contribution in [0.25, 0.3) is 0 Å². The van der Waals surface area contributed by atoms with Gasteiger partial charge in [0, 0.05) is 37.7 Å². The molecule has 0 radical (unpaired) electrons. The van der Waals surface area contributed by atoms with Crippen molar-refractivity contribution in [2.45, 2.75) is 139 Å². The normalized spacial score (nSPS) is 34.7. The molecule has 2 saturated heterocycles. The molecule has 4 fully saturated rings. The molecule has 0 spiro atoms. The maximum atomic E-state index is 15.5. The van der Waals surface area contributed by atoms with Crippen LogP contribution in [0.15, 0.2) is 102 Å². The molecular weight excluding hydrogens is 969 g/mol. The summed E-state index contributed by atoms with van der Waals surface area (Å²) in [6, 6.07) is 21.9. The summed E-state index contributed by atoms with van der Waals surface area (Å²) in [5.74, 6) is -6.84. The molecule has 2 saturated carbocycles. The van der Waals surface area contributed by atoms with E-state index in [0.29, 0.717) is 5.56 Å². The standard InChI is InChI=1S/C47H51NO14.C6H13NO5/c1-25-31(60-43(56)36(52)35(28-16-10-7-11-17-28)48-41(54)29-18-12-8-13-19-29)23-47(57)40(61-42(55)30-20-14-9-15-21-30)38-45(6,32(51)22-33-46(38,24-58-33)62-27(3)50)39(53)37(59-26(2)49)34(25)44(47,4)5;7-3-5(10)4(9)2(1-8)12-6(3)11/h7-21,31-33,35-38,40,51-52,57H,22-24H2,1-6H3,(H,48,54);2-6,8-11H,1,7H2/t31-,32-,33+,35-,36+,37+,38-,40-,45+,46-,47+;2-,3-,4-,5-,6-/m01/s1. The van der Waals surface area contributed by atoms with Crippen LogP contribution in [0, 0.1) is 16.7 Å². The smallest absolute Gasteiger partial charge is 0.338 e. The summed E-state index contributed by atoms with van der Waals surface area (Å²) in [6.45, 7) is 7.50. The lowest BCUT2D eigenvalue weighted by Gasteiger charge is -2.67. The minimum atomic E-state index is -2.39. The molecule has 16 atom stereocenters. The fraction of sp³-hybridized carbons (Fsp3) is 0.509. The maximum Gasteiger partial charge on any atom is 0.338 e. The number of hydrogen-bond donors (Lipinski definition) is 9. The number of esters is 4. The molecule has 0 aromatic heterocycles. The first-order valence-electron chi connectivity index (χ1n) is 24.1. The van der Waals surface area contributed by atoms with Gasteiger partial charge in [-0.2, -0.15) is 0 Å². The number of ketones is 1. The van der Waals surface area contributed by atoms with Gasteiger partial charge in [-0.05, 0) is 54.8 Å². The fourth-order valence-electron chi connectivity index (χ4n) is 11.3. The Bertz CT molecular complexity index is 2590. The van der Waals surface area contributed by atoms with Crippen LogP contribution in [0.2, 0.25) is 0 Å². The van der Waals surface area contributed by atoms with Crippen LogP contribution < -0.4 is 11.1 Å². The Morgan fingerprint density at radius 1 is 0.824 bits per heavy atom. The summed E-state index contributed by atoms with van der Waals surface area (Å²) in [5.41, 5.74) is -1.76. The van der Waals surface area contributed by atoms with E-state index in [1.807, 2.05) is 0 Å². The number of aliphatic hydroxyl groups is 7. The van der Waals surface area contributed by atoms with Crippen LogP contribution in [-0.4, -0.2) is 163 Å². The van der Waals surface area contributed by atoms with Crippen molar-refractivity contribution in [3.8, 4) is 0 Å². The molecule has 8 rings (SSSR count). The fourth-order valence-corrected chi connectivity index (χ4v) is 11.3. The Balaban J connectivity index is 0.000000586. The van der Waals surface area contributed by atoms with Gasteiger partial charge in [0.05, 0.1) is 48.3 Å². The molecule has 3 aliphatic carbocycles. The number of nitrogens with two attached hydrogens (primary N) is 1. The van der Waals surface area contributed by atoms with Crippen molar-refractivity contribution in [1.29, 1.82) is 0 Å². The van der Waals surface area contributed by atoms with Gasteiger partial charge in [0.15, 0.2) is 29.9 Å². The number of fused-ring (bicyclic) bond motifs is 5. The van der Waals surface area contributed by atoms with Gasteiger partial charge >= 0.3 is 23.9 Å². The third-order valence-corrected chi connectivity index (χ3v) is 15.4. The van der Waals surface area contributed by atoms with Gasteiger partial charge in [-0.15, -0.1) is 0 Å². The Morgan fingerprint density at radius 3 is 1.95 bits per heavy atom. The van der Waals surface area contributed by atoms with Crippen LogP contribution in [0.4, 0.5) is 0 Å². The topological polar surface area (TPSA) is 337 Å². The molecule has 2 heterocycles. The number of ether oxygens (including phenoxy) is 6. The highest BCUT2D eigenvalue weighted by Crippen LogP contribution is 2.64. The SMILES string of the molecule is CC(=O)O[C@H]1C(=O)[C@@]2(C)[C@H]([C@H](OC(=O)c3ccccc3)[C@]3(O)C[C@H](OC(=O)[C@H](O)[C@@H](NC(=O)c4ccccc4)c4ccccc4)C(C)=C1C3(C)C)[C@]1(OC(C)=O)CO[C@@H]1C[C@@H]2O.N[C@@H]1[C@@H](O)[C@H](O)[C@@H](CO)O[C@H]1O. The van der Waals surface area contributed by atoms with E-state index in [-0.39, 0.29) is 35.3 Å². The van der Waals surface area contributed by atoms with Gasteiger partial charge in [0.1, 0.15) is 42.2 Å². The van der Waals surface area contributed by atoms with Gasteiger partial charge in [0.2, 0.25) is 0 Å². The molecular formula is C53H64N2O19. The van der Waals surface area contributed by atoms with Gasteiger partial charge in [-0.3, -0.25) is 19.2 Å². The Morgan fingerprint density at radius 2 is 1.41 bits per heavy atom. The van der Waals surface area contributed by atoms with Crippen LogP contribution in [0.1, 0.15) is 86.7 Å². The summed E-state index contributed by atoms with van der Waals surface area (Å²) in [5, 5.41) is 76.3. The molecule has 2 aliphatic heterocycles. The van der Waals surface area contributed by atoms with Crippen LogP contribution in [0.3, 0.4) is 0 Å². The molecule has 400 valence electrons. The summed E-state index contributed by atoms with van der Waals surface area (Å²) in [6.07, 6.45) is -15.4. The zero-order chi connectivity index (χ0) is 54.2. The molecule has 74 heavy (non-hydrogen) atoms. The lowest BCUT2D eigenvalue weighted by molar-refractivity contribution is -0.346. The van der Waals surface area contributed by atoms with Crippen molar-refractivity contribution in [3.05, 3.63) is 119 Å². The second kappa shape index (κ2) is 21.7. The molecule has 10 N–H and O–H groups in total. The van der Waals surface area contributed by atoms with Crippen molar-refractivity contribution >= 4 is 35.6 Å². The molecule has 3 aromatic carbocycles. The van der Waals surface area contributed by atoms with E-state index >= 15 is 4.79 Å². The molecule has 2 bridgehead atoms. The van der Waals surface area contributed by atoms with E-state index in [1.54, 1.807) is 92.7 Å². The Labute approximate surface area is 426 Å². The second-order valence-corrected chi connectivity index (χ2v) is 20.2. The number of rotatable bonds is 11. The molecule has 5 aliphatic rings. The summed E-state index contributed by atoms with van der Waals surface area (Å²) < 4.78 is 35.0. The van der Waals surface area contributed by atoms with Gasteiger partial charge < -0.3 is 75.2 Å². The summed E-state index contributed by atoms with van der Waals surface area (Å²) in [7, 11) is 0. The number of aliphatic hydroxyl groups excluding tert-OH is 6. The molecule has 21 heteroatoms. The van der Waals surface area contributed by atoms with Crippen molar-refractivity contribution in [2.75, 3.05) is 13.2 Å². The monoisotopic (exact) mass is 1030 g/mol. The molecule has 0 unspecified atom stereocenters. The van der Waals surface area contributed by atoms with E-state index in [4.69, 9.17) is 44.4 Å². The van der Waals surface area contributed by atoms with E-state index in [1.165, 1.54) is 26.0 Å². The predicted octanol–water partition coefficient (Wildman–Crippen LogP) is 0.481. The molecule has 21 nitrogen and oxygen atoms in total. The highest BCUT2D eigenvalue weighted by Gasteiger charge is 2.78. The highest BCUT2D eigenvalue weighted by atomic mass is 16.6. The van der Waals surface area contributed by atoms with Crippen molar-refractivity contribution in [1.82, 2.24) is 5.32 Å². The van der Waals surface area contributed by atoms with E-state index in [0.717, 1.165) is 13.8 Å². The largest absolute Gasteiger partial charge is 0.456 e. The third kappa shape index (κ3) is 10.0. The first kappa shape index (κ1) is 55.8. The van der Waals surface area contributed by atoms with Crippen molar-refractivity contribution in [2.24, 2.45) is 22.5 Å². The molecule has 1 amide bonds. The lowest BCUT2D eigenvalue weighted by atomic mass is 9.44. The third-order valence-electron chi connectivity index (χ3n) is 15.4. The quantitative estimate of drug-likeness (QED) is 0.0716. The van der Waals surface area contributed by atoms with E-state index < -0.39 is 150 Å². The number of carbonyl (C=O) groups is 6. The zero-order valence-corrected chi connectivity index (χ0v) is 41.6. The van der Waals surface area contributed by atoms with E-state index in [9.17, 15) is 49.5 Å². The van der Waals surface area contributed by atoms with Gasteiger partial charge in [-0.1, -0.05) is 80.6 Å². The summed E-state index contributed by atoms with van der Waals surface area (Å²) >= 11 is 0. The second-order valence-electron chi connectivity index (χ2n) is 20.2.